The molecule has 0 radical (unpaired) electrons. The maximum atomic E-state index is 12.3. The standard InChI is InChI=1S/C14H22N2O4/c17-12-9-11(15-8-4-7-13(18)19)14(20)16(12)10-5-2-1-3-6-10/h10-11,15H,1-9H2,(H,18,19). The van der Waals surface area contributed by atoms with E-state index in [2.05, 4.69) is 5.32 Å². The summed E-state index contributed by atoms with van der Waals surface area (Å²) in [6.45, 7) is 0.453. The van der Waals surface area contributed by atoms with E-state index in [0.717, 1.165) is 25.7 Å². The number of carboxylic acid groups (broad SMARTS) is 1. The molecule has 0 aromatic carbocycles. The summed E-state index contributed by atoms with van der Waals surface area (Å²) in [6.07, 6.45) is 5.94. The number of carboxylic acids is 1. The van der Waals surface area contributed by atoms with Crippen LogP contribution in [0.15, 0.2) is 0 Å². The third kappa shape index (κ3) is 3.56. The van der Waals surface area contributed by atoms with Gasteiger partial charge in [-0.05, 0) is 25.8 Å². The van der Waals surface area contributed by atoms with E-state index in [0.29, 0.717) is 13.0 Å². The molecule has 0 aromatic rings. The zero-order chi connectivity index (χ0) is 14.5. The number of aliphatic carboxylic acids is 1. The number of hydrogen-bond donors (Lipinski definition) is 2. The van der Waals surface area contributed by atoms with Gasteiger partial charge in [0.1, 0.15) is 0 Å². The smallest absolute Gasteiger partial charge is 0.303 e. The molecule has 112 valence electrons. The Hall–Kier alpha value is -1.43. The van der Waals surface area contributed by atoms with Crippen molar-refractivity contribution in [3.05, 3.63) is 0 Å². The topological polar surface area (TPSA) is 86.7 Å². The number of nitrogens with zero attached hydrogens (tertiary/aromatic N) is 1. The van der Waals surface area contributed by atoms with E-state index in [1.807, 2.05) is 0 Å². The highest BCUT2D eigenvalue weighted by molar-refractivity contribution is 6.05. The van der Waals surface area contributed by atoms with E-state index in [4.69, 9.17) is 5.11 Å². The summed E-state index contributed by atoms with van der Waals surface area (Å²) in [4.78, 5) is 36.1. The van der Waals surface area contributed by atoms with Gasteiger partial charge in [-0.3, -0.25) is 19.3 Å². The second kappa shape index (κ2) is 6.83. The number of hydrogen-bond acceptors (Lipinski definition) is 4. The molecule has 1 saturated carbocycles. The Morgan fingerprint density at radius 3 is 2.60 bits per heavy atom. The molecule has 20 heavy (non-hydrogen) atoms. The average molecular weight is 282 g/mol. The maximum Gasteiger partial charge on any atom is 0.303 e. The second-order valence-electron chi connectivity index (χ2n) is 5.60. The lowest BCUT2D eigenvalue weighted by atomic mass is 9.94. The highest BCUT2D eigenvalue weighted by atomic mass is 16.4. The van der Waals surface area contributed by atoms with Crippen LogP contribution in [0.5, 0.6) is 0 Å². The lowest BCUT2D eigenvalue weighted by Crippen LogP contribution is -2.44. The third-order valence-corrected chi connectivity index (χ3v) is 4.08. The molecule has 1 saturated heterocycles. The minimum atomic E-state index is -0.843. The molecular formula is C14H22N2O4. The first kappa shape index (κ1) is 15.0. The number of carbonyl (C=O) groups excluding carboxylic acids is 2. The van der Waals surface area contributed by atoms with Crippen molar-refractivity contribution in [3.8, 4) is 0 Å². The molecule has 6 nitrogen and oxygen atoms in total. The zero-order valence-corrected chi connectivity index (χ0v) is 11.6. The van der Waals surface area contributed by atoms with Crippen LogP contribution in [0.3, 0.4) is 0 Å². The minimum absolute atomic E-state index is 0.0776. The number of nitrogens with one attached hydrogen (secondary N) is 1. The first-order valence-corrected chi connectivity index (χ1v) is 7.40. The van der Waals surface area contributed by atoms with Crippen LogP contribution in [-0.4, -0.2) is 46.4 Å². The summed E-state index contributed by atoms with van der Waals surface area (Å²) in [5, 5.41) is 11.6. The van der Waals surface area contributed by atoms with Crippen molar-refractivity contribution in [3.63, 3.8) is 0 Å². The molecule has 2 aliphatic rings. The zero-order valence-electron chi connectivity index (χ0n) is 11.6. The molecule has 1 atom stereocenters. The SMILES string of the molecule is O=C(O)CCCNC1CC(=O)N(C2CCCCC2)C1=O. The van der Waals surface area contributed by atoms with Gasteiger partial charge in [0.15, 0.2) is 0 Å². The second-order valence-corrected chi connectivity index (χ2v) is 5.60. The van der Waals surface area contributed by atoms with Gasteiger partial charge in [0.05, 0.1) is 12.5 Å². The number of imide groups is 1. The van der Waals surface area contributed by atoms with Crippen LogP contribution < -0.4 is 5.32 Å². The van der Waals surface area contributed by atoms with E-state index in [1.165, 1.54) is 11.3 Å². The third-order valence-electron chi connectivity index (χ3n) is 4.08. The van der Waals surface area contributed by atoms with E-state index >= 15 is 0 Å². The van der Waals surface area contributed by atoms with Crippen LogP contribution in [0, 0.1) is 0 Å². The van der Waals surface area contributed by atoms with Gasteiger partial charge >= 0.3 is 5.97 Å². The fourth-order valence-electron chi connectivity index (χ4n) is 3.05. The minimum Gasteiger partial charge on any atom is -0.481 e. The van der Waals surface area contributed by atoms with E-state index in [9.17, 15) is 14.4 Å². The van der Waals surface area contributed by atoms with Crippen molar-refractivity contribution in [2.24, 2.45) is 0 Å². The highest BCUT2D eigenvalue weighted by Gasteiger charge is 2.42. The largest absolute Gasteiger partial charge is 0.481 e. The monoisotopic (exact) mass is 282 g/mol. The number of carbonyl (C=O) groups is 3. The predicted molar refractivity (Wildman–Crippen MR) is 72.0 cm³/mol. The molecule has 1 heterocycles. The lowest BCUT2D eigenvalue weighted by Gasteiger charge is -2.29. The summed E-state index contributed by atoms with van der Waals surface area (Å²) >= 11 is 0. The quantitative estimate of drug-likeness (QED) is 0.558. The first-order valence-electron chi connectivity index (χ1n) is 7.40. The van der Waals surface area contributed by atoms with Crippen molar-refractivity contribution in [1.29, 1.82) is 0 Å². The molecule has 0 aromatic heterocycles. The fourth-order valence-corrected chi connectivity index (χ4v) is 3.05. The molecule has 6 heteroatoms. The molecule has 2 amide bonds. The van der Waals surface area contributed by atoms with E-state index in [1.54, 1.807) is 0 Å². The molecule has 0 bridgehead atoms. The number of amides is 2. The van der Waals surface area contributed by atoms with Crippen molar-refractivity contribution in [2.45, 2.75) is 63.5 Å². The summed E-state index contributed by atoms with van der Waals surface area (Å²) in [6, 6.07) is -0.382. The predicted octanol–water partition coefficient (Wildman–Crippen LogP) is 0.901. The van der Waals surface area contributed by atoms with Crippen LogP contribution >= 0.6 is 0 Å². The fraction of sp³-hybridized carbons (Fsp3) is 0.786. The maximum absolute atomic E-state index is 12.3. The van der Waals surface area contributed by atoms with Gasteiger partial charge < -0.3 is 10.4 Å². The molecule has 2 rings (SSSR count). The number of rotatable bonds is 6. The highest BCUT2D eigenvalue weighted by Crippen LogP contribution is 2.27. The van der Waals surface area contributed by atoms with Crippen LogP contribution in [-0.2, 0) is 14.4 Å². The van der Waals surface area contributed by atoms with Gasteiger partial charge in [-0.1, -0.05) is 19.3 Å². The molecule has 1 unspecified atom stereocenters. The van der Waals surface area contributed by atoms with Crippen molar-refractivity contribution in [1.82, 2.24) is 10.2 Å². The van der Waals surface area contributed by atoms with E-state index in [-0.39, 0.29) is 30.7 Å². The van der Waals surface area contributed by atoms with Crippen molar-refractivity contribution >= 4 is 17.8 Å². The summed E-state index contributed by atoms with van der Waals surface area (Å²) < 4.78 is 0. The lowest BCUT2D eigenvalue weighted by molar-refractivity contribution is -0.142. The van der Waals surface area contributed by atoms with Crippen LogP contribution in [0.2, 0.25) is 0 Å². The van der Waals surface area contributed by atoms with Crippen LogP contribution in [0.4, 0.5) is 0 Å². The first-order chi connectivity index (χ1) is 9.59. The van der Waals surface area contributed by atoms with Gasteiger partial charge in [-0.2, -0.15) is 0 Å². The Morgan fingerprint density at radius 1 is 1.25 bits per heavy atom. The Balaban J connectivity index is 1.83. The van der Waals surface area contributed by atoms with E-state index < -0.39 is 12.0 Å². The summed E-state index contributed by atoms with van der Waals surface area (Å²) in [5.41, 5.74) is 0. The summed E-state index contributed by atoms with van der Waals surface area (Å²) in [7, 11) is 0. The Labute approximate surface area is 118 Å². The average Bonchev–Trinajstić information content (AvgIpc) is 2.70. The van der Waals surface area contributed by atoms with Crippen molar-refractivity contribution < 1.29 is 19.5 Å². The van der Waals surface area contributed by atoms with Gasteiger partial charge in [0, 0.05) is 12.5 Å². The Bertz CT molecular complexity index is 391. The molecule has 1 aliphatic carbocycles. The van der Waals surface area contributed by atoms with Gasteiger partial charge in [-0.25, -0.2) is 0 Å². The van der Waals surface area contributed by atoms with Gasteiger partial charge in [-0.15, -0.1) is 0 Å². The van der Waals surface area contributed by atoms with Crippen LogP contribution in [0.25, 0.3) is 0 Å². The van der Waals surface area contributed by atoms with Crippen molar-refractivity contribution in [2.75, 3.05) is 6.54 Å². The molecule has 2 N–H and O–H groups in total. The number of likely N-dealkylation sites (tertiary alicyclic amines) is 1. The molecule has 1 aliphatic heterocycles. The van der Waals surface area contributed by atoms with Crippen LogP contribution in [0.1, 0.15) is 51.4 Å². The molecule has 2 fully saturated rings. The van der Waals surface area contributed by atoms with Gasteiger partial charge in [0.25, 0.3) is 0 Å². The Kier molecular flexibility index (Phi) is 5.11. The summed E-state index contributed by atoms with van der Waals surface area (Å²) in [5.74, 6) is -1.06. The molecular weight excluding hydrogens is 260 g/mol. The molecule has 0 spiro atoms. The van der Waals surface area contributed by atoms with Gasteiger partial charge in [0.2, 0.25) is 11.8 Å². The normalized spacial score (nSPS) is 24.4. The Morgan fingerprint density at radius 2 is 1.95 bits per heavy atom.